The molecule has 2 heterocycles. The minimum absolute atomic E-state index is 0.00277. The maximum Gasteiger partial charge on any atom is 0.317 e. The topological polar surface area (TPSA) is 45.2 Å². The SMILES string of the molecule is C[C@@H](NC(=O)N1C[C@H]2CC=CC[C@H]2C1)c1csc(C2CC2)n1. The van der Waals surface area contributed by atoms with Gasteiger partial charge >= 0.3 is 6.03 Å². The molecule has 1 N–H and O–H groups in total. The van der Waals surface area contributed by atoms with Crippen LogP contribution in [0.3, 0.4) is 0 Å². The molecule has 1 aliphatic heterocycles. The smallest absolute Gasteiger partial charge is 0.317 e. The van der Waals surface area contributed by atoms with E-state index in [-0.39, 0.29) is 12.1 Å². The number of aromatic nitrogens is 1. The number of thiazole rings is 1. The highest BCUT2D eigenvalue weighted by molar-refractivity contribution is 7.09. The molecular weight excluding hydrogens is 294 g/mol. The average Bonchev–Trinajstić information content (AvgIpc) is 3.10. The van der Waals surface area contributed by atoms with E-state index in [4.69, 9.17) is 4.98 Å². The molecule has 1 aromatic heterocycles. The summed E-state index contributed by atoms with van der Waals surface area (Å²) < 4.78 is 0. The Morgan fingerprint density at radius 2 is 2.00 bits per heavy atom. The number of amides is 2. The van der Waals surface area contributed by atoms with Crippen LogP contribution >= 0.6 is 11.3 Å². The summed E-state index contributed by atoms with van der Waals surface area (Å²) in [4.78, 5) is 19.2. The van der Waals surface area contributed by atoms with Crippen molar-refractivity contribution in [3.05, 3.63) is 28.2 Å². The van der Waals surface area contributed by atoms with Crippen LogP contribution in [0.25, 0.3) is 0 Å². The van der Waals surface area contributed by atoms with Crippen molar-refractivity contribution < 1.29 is 4.79 Å². The van der Waals surface area contributed by atoms with Crippen molar-refractivity contribution in [3.8, 4) is 0 Å². The van der Waals surface area contributed by atoms with Crippen molar-refractivity contribution in [1.82, 2.24) is 15.2 Å². The molecule has 0 bridgehead atoms. The van der Waals surface area contributed by atoms with E-state index in [0.717, 1.165) is 31.6 Å². The number of allylic oxidation sites excluding steroid dienone is 2. The molecule has 0 aromatic carbocycles. The second-order valence-electron chi connectivity index (χ2n) is 6.92. The van der Waals surface area contributed by atoms with E-state index in [9.17, 15) is 4.79 Å². The van der Waals surface area contributed by atoms with E-state index in [2.05, 4.69) is 22.8 Å². The van der Waals surface area contributed by atoms with Crippen LogP contribution in [0, 0.1) is 11.8 Å². The molecule has 1 aromatic rings. The van der Waals surface area contributed by atoms with Gasteiger partial charge in [-0.3, -0.25) is 0 Å². The van der Waals surface area contributed by atoms with E-state index < -0.39 is 0 Å². The third-order valence-corrected chi connectivity index (χ3v) is 6.18. The molecule has 2 amide bonds. The number of nitrogens with one attached hydrogen (secondary N) is 1. The first-order chi connectivity index (χ1) is 10.7. The standard InChI is InChI=1S/C17H23N3OS/c1-11(15-10-22-16(19-15)12-6-7-12)18-17(21)20-8-13-4-2-3-5-14(13)9-20/h2-3,10-14H,4-9H2,1H3,(H,18,21)/t11-,13-,14+/m1/s1. The highest BCUT2D eigenvalue weighted by atomic mass is 32.1. The average molecular weight is 317 g/mol. The zero-order valence-corrected chi connectivity index (χ0v) is 13.8. The van der Waals surface area contributed by atoms with E-state index in [1.54, 1.807) is 11.3 Å². The van der Waals surface area contributed by atoms with Crippen LogP contribution in [0.5, 0.6) is 0 Å². The fourth-order valence-corrected chi connectivity index (χ4v) is 4.63. The van der Waals surface area contributed by atoms with Gasteiger partial charge in [-0.15, -0.1) is 11.3 Å². The number of fused-ring (bicyclic) bond motifs is 1. The molecule has 22 heavy (non-hydrogen) atoms. The lowest BCUT2D eigenvalue weighted by Gasteiger charge is -2.20. The Labute approximate surface area is 135 Å². The second kappa shape index (κ2) is 5.69. The molecule has 0 unspecified atom stereocenters. The first-order valence-electron chi connectivity index (χ1n) is 8.36. The lowest BCUT2D eigenvalue weighted by Crippen LogP contribution is -2.40. The summed E-state index contributed by atoms with van der Waals surface area (Å²) in [5.74, 6) is 2.01. The third kappa shape index (κ3) is 2.78. The van der Waals surface area contributed by atoms with Crippen LogP contribution in [-0.4, -0.2) is 29.0 Å². The minimum atomic E-state index is -0.00277. The number of likely N-dealkylation sites (tertiary alicyclic amines) is 1. The molecule has 3 atom stereocenters. The van der Waals surface area contributed by atoms with Gasteiger partial charge in [0, 0.05) is 24.4 Å². The van der Waals surface area contributed by atoms with Gasteiger partial charge in [0.05, 0.1) is 16.7 Å². The molecule has 4 nitrogen and oxygen atoms in total. The van der Waals surface area contributed by atoms with Crippen molar-refractivity contribution in [3.63, 3.8) is 0 Å². The van der Waals surface area contributed by atoms with Gasteiger partial charge in [0.1, 0.15) is 0 Å². The lowest BCUT2D eigenvalue weighted by atomic mass is 9.86. The lowest BCUT2D eigenvalue weighted by molar-refractivity contribution is 0.203. The summed E-state index contributed by atoms with van der Waals surface area (Å²) >= 11 is 1.74. The molecule has 2 aliphatic carbocycles. The van der Waals surface area contributed by atoms with Crippen molar-refractivity contribution in [2.45, 2.75) is 44.6 Å². The van der Waals surface area contributed by atoms with Crippen LogP contribution in [-0.2, 0) is 0 Å². The Kier molecular flexibility index (Phi) is 3.68. The molecule has 118 valence electrons. The van der Waals surface area contributed by atoms with Crippen LogP contribution in [0.2, 0.25) is 0 Å². The molecule has 0 radical (unpaired) electrons. The fourth-order valence-electron chi connectivity index (χ4n) is 3.55. The third-order valence-electron chi connectivity index (χ3n) is 5.16. The van der Waals surface area contributed by atoms with Crippen LogP contribution in [0.15, 0.2) is 17.5 Å². The zero-order chi connectivity index (χ0) is 15.1. The molecule has 5 heteroatoms. The van der Waals surface area contributed by atoms with Crippen LogP contribution < -0.4 is 5.32 Å². The van der Waals surface area contributed by atoms with Crippen LogP contribution in [0.1, 0.15) is 55.3 Å². The Hall–Kier alpha value is -1.36. The highest BCUT2D eigenvalue weighted by Crippen LogP contribution is 2.41. The number of rotatable bonds is 3. The molecule has 3 aliphatic rings. The van der Waals surface area contributed by atoms with Gasteiger partial charge in [-0.2, -0.15) is 0 Å². The molecule has 0 spiro atoms. The summed E-state index contributed by atoms with van der Waals surface area (Å²) in [6, 6.07) is 0.0693. The van der Waals surface area contributed by atoms with Crippen molar-refractivity contribution in [1.29, 1.82) is 0 Å². The number of carbonyl (C=O) groups is 1. The Balaban J connectivity index is 1.35. The van der Waals surface area contributed by atoms with E-state index in [0.29, 0.717) is 17.8 Å². The summed E-state index contributed by atoms with van der Waals surface area (Å²) in [6.07, 6.45) is 9.33. The summed E-state index contributed by atoms with van der Waals surface area (Å²) in [7, 11) is 0. The predicted octanol–water partition coefficient (Wildman–Crippen LogP) is 3.69. The monoisotopic (exact) mass is 317 g/mol. The summed E-state index contributed by atoms with van der Waals surface area (Å²) in [5, 5.41) is 6.48. The maximum atomic E-state index is 12.5. The van der Waals surface area contributed by atoms with Gasteiger partial charge in [-0.1, -0.05) is 12.2 Å². The summed E-state index contributed by atoms with van der Waals surface area (Å²) in [6.45, 7) is 3.84. The van der Waals surface area contributed by atoms with Crippen molar-refractivity contribution >= 4 is 17.4 Å². The number of hydrogen-bond donors (Lipinski definition) is 1. The molecular formula is C17H23N3OS. The largest absolute Gasteiger partial charge is 0.330 e. The van der Waals surface area contributed by atoms with Gasteiger partial charge < -0.3 is 10.2 Å². The second-order valence-corrected chi connectivity index (χ2v) is 7.81. The molecule has 2 fully saturated rings. The minimum Gasteiger partial charge on any atom is -0.330 e. The Morgan fingerprint density at radius 1 is 1.32 bits per heavy atom. The number of nitrogens with zero attached hydrogens (tertiary/aromatic N) is 2. The van der Waals surface area contributed by atoms with Gasteiger partial charge in [-0.05, 0) is 44.4 Å². The van der Waals surface area contributed by atoms with E-state index >= 15 is 0 Å². The van der Waals surface area contributed by atoms with Gasteiger partial charge in [0.15, 0.2) is 0 Å². The highest BCUT2D eigenvalue weighted by Gasteiger charge is 2.35. The number of carbonyl (C=O) groups excluding carboxylic acids is 1. The maximum absolute atomic E-state index is 12.5. The molecule has 1 saturated heterocycles. The zero-order valence-electron chi connectivity index (χ0n) is 13.0. The normalized spacial score (nSPS) is 28.5. The first kappa shape index (κ1) is 14.2. The van der Waals surface area contributed by atoms with Gasteiger partial charge in [0.2, 0.25) is 0 Å². The Morgan fingerprint density at radius 3 is 2.64 bits per heavy atom. The van der Waals surface area contributed by atoms with Crippen molar-refractivity contribution in [2.24, 2.45) is 11.8 Å². The number of urea groups is 1. The van der Waals surface area contributed by atoms with E-state index in [1.165, 1.54) is 17.8 Å². The molecule has 4 rings (SSSR count). The van der Waals surface area contributed by atoms with Crippen LogP contribution in [0.4, 0.5) is 4.79 Å². The Bertz CT molecular complexity index is 576. The first-order valence-corrected chi connectivity index (χ1v) is 9.24. The predicted molar refractivity (Wildman–Crippen MR) is 88.0 cm³/mol. The van der Waals surface area contributed by atoms with Gasteiger partial charge in [-0.25, -0.2) is 9.78 Å². The quantitative estimate of drug-likeness (QED) is 0.864. The summed E-state index contributed by atoms with van der Waals surface area (Å²) in [5.41, 5.74) is 1.01. The molecule has 1 saturated carbocycles. The van der Waals surface area contributed by atoms with Gasteiger partial charge in [0.25, 0.3) is 0 Å². The van der Waals surface area contributed by atoms with Crippen molar-refractivity contribution in [2.75, 3.05) is 13.1 Å². The van der Waals surface area contributed by atoms with E-state index in [1.807, 2.05) is 11.8 Å². The number of hydrogen-bond acceptors (Lipinski definition) is 3. The fraction of sp³-hybridized carbons (Fsp3) is 0.647.